The van der Waals surface area contributed by atoms with Crippen molar-refractivity contribution < 1.29 is 28.6 Å². The van der Waals surface area contributed by atoms with Gasteiger partial charge in [-0.2, -0.15) is 0 Å². The highest BCUT2D eigenvalue weighted by atomic mass is 16.6. The molecule has 0 spiro atoms. The number of carbonyl (C=O) groups is 3. The van der Waals surface area contributed by atoms with Gasteiger partial charge in [0.2, 0.25) is 0 Å². The third-order valence-corrected chi connectivity index (χ3v) is 9.82. The average Bonchev–Trinajstić information content (AvgIpc) is 3.18. The largest absolute Gasteiger partial charge is 0.462 e. The Balaban J connectivity index is 4.39. The van der Waals surface area contributed by atoms with Crippen molar-refractivity contribution in [2.45, 2.75) is 232 Å². The Bertz CT molecular complexity index is 980. The minimum absolute atomic E-state index is 0.0818. The van der Waals surface area contributed by atoms with Crippen LogP contribution < -0.4 is 0 Å². The molecule has 0 aromatic rings. The van der Waals surface area contributed by atoms with Crippen molar-refractivity contribution in [3.63, 3.8) is 0 Å². The van der Waals surface area contributed by atoms with E-state index in [1.165, 1.54) is 83.5 Å². The molecule has 0 aliphatic rings. The van der Waals surface area contributed by atoms with Crippen molar-refractivity contribution in [1.29, 1.82) is 0 Å². The molecule has 0 aromatic heterocycles. The number of hydrogen-bond acceptors (Lipinski definition) is 6. The van der Waals surface area contributed by atoms with Gasteiger partial charge in [-0.25, -0.2) is 0 Å². The van der Waals surface area contributed by atoms with E-state index in [1.807, 2.05) is 0 Å². The zero-order valence-corrected chi connectivity index (χ0v) is 36.2. The van der Waals surface area contributed by atoms with E-state index in [9.17, 15) is 14.4 Å². The van der Waals surface area contributed by atoms with Gasteiger partial charge < -0.3 is 14.2 Å². The third kappa shape index (κ3) is 42.4. The van der Waals surface area contributed by atoms with E-state index in [0.29, 0.717) is 19.3 Å². The molecular weight excluding hydrogens is 685 g/mol. The van der Waals surface area contributed by atoms with Crippen LogP contribution >= 0.6 is 0 Å². The summed E-state index contributed by atoms with van der Waals surface area (Å²) in [4.78, 5) is 37.7. The lowest BCUT2D eigenvalue weighted by molar-refractivity contribution is -0.167. The van der Waals surface area contributed by atoms with Gasteiger partial charge >= 0.3 is 17.9 Å². The van der Waals surface area contributed by atoms with Gasteiger partial charge in [0.05, 0.1) is 0 Å². The summed E-state index contributed by atoms with van der Waals surface area (Å²) in [6, 6.07) is 0. The standard InChI is InChI=1S/C49H86O6/c1-4-7-10-13-16-19-22-23-24-25-28-30-33-36-39-42-48(51)54-45-46(55-49(52)43-40-37-34-31-27-21-18-15-12-9-6-3)44-53-47(50)41-38-35-32-29-26-20-17-14-11-8-5-2/h7,10,14,16-17,19,23-24,46H,4-6,8-9,11-13,15,18,20-22,25-45H2,1-3H3/b10-7-,17-14-,19-16-,24-23-/t46-/m0/s1. The van der Waals surface area contributed by atoms with Crippen molar-refractivity contribution in [1.82, 2.24) is 0 Å². The number of esters is 3. The van der Waals surface area contributed by atoms with Crippen LogP contribution in [0.2, 0.25) is 0 Å². The molecule has 0 saturated carbocycles. The Kier molecular flexibility index (Phi) is 42.0. The predicted molar refractivity (Wildman–Crippen MR) is 233 cm³/mol. The van der Waals surface area contributed by atoms with Crippen LogP contribution in [0.1, 0.15) is 226 Å². The fourth-order valence-corrected chi connectivity index (χ4v) is 6.32. The number of unbranched alkanes of at least 4 members (excludes halogenated alkanes) is 22. The van der Waals surface area contributed by atoms with Gasteiger partial charge in [-0.1, -0.05) is 185 Å². The molecule has 0 aliphatic carbocycles. The summed E-state index contributed by atoms with van der Waals surface area (Å²) in [7, 11) is 0. The molecule has 0 unspecified atom stereocenters. The highest BCUT2D eigenvalue weighted by molar-refractivity contribution is 5.71. The van der Waals surface area contributed by atoms with E-state index in [0.717, 1.165) is 103 Å². The number of carbonyl (C=O) groups excluding carboxylic acids is 3. The molecule has 6 nitrogen and oxygen atoms in total. The summed E-state index contributed by atoms with van der Waals surface area (Å²) in [6.45, 7) is 6.45. The maximum atomic E-state index is 12.7. The summed E-state index contributed by atoms with van der Waals surface area (Å²) >= 11 is 0. The van der Waals surface area contributed by atoms with E-state index in [1.54, 1.807) is 0 Å². The lowest BCUT2D eigenvalue weighted by Gasteiger charge is -2.18. The molecule has 1 atom stereocenters. The highest BCUT2D eigenvalue weighted by Gasteiger charge is 2.19. The number of hydrogen-bond donors (Lipinski definition) is 0. The van der Waals surface area contributed by atoms with Crippen LogP contribution in [0.25, 0.3) is 0 Å². The molecule has 0 bridgehead atoms. The number of allylic oxidation sites excluding steroid dienone is 8. The monoisotopic (exact) mass is 771 g/mol. The SMILES string of the molecule is CC/C=C\C/C=C\C/C=C\CCCCCCCC(=O)OC[C@H](COC(=O)CCCCCCC/C=C\CCCC)OC(=O)CCCCCCCCCCCCC. The van der Waals surface area contributed by atoms with E-state index in [4.69, 9.17) is 14.2 Å². The van der Waals surface area contributed by atoms with Crippen LogP contribution in [0.3, 0.4) is 0 Å². The third-order valence-electron chi connectivity index (χ3n) is 9.82. The van der Waals surface area contributed by atoms with Crippen molar-refractivity contribution >= 4 is 17.9 Å². The van der Waals surface area contributed by atoms with Gasteiger partial charge in [-0.15, -0.1) is 0 Å². The minimum Gasteiger partial charge on any atom is -0.462 e. The lowest BCUT2D eigenvalue weighted by atomic mass is 10.1. The van der Waals surface area contributed by atoms with Crippen molar-refractivity contribution in [2.75, 3.05) is 13.2 Å². The molecule has 0 heterocycles. The Morgan fingerprint density at radius 2 is 0.727 bits per heavy atom. The van der Waals surface area contributed by atoms with Crippen LogP contribution in [0.15, 0.2) is 48.6 Å². The van der Waals surface area contributed by atoms with E-state index >= 15 is 0 Å². The molecule has 318 valence electrons. The van der Waals surface area contributed by atoms with Gasteiger partial charge in [0.1, 0.15) is 13.2 Å². The zero-order chi connectivity index (χ0) is 40.1. The second-order valence-corrected chi connectivity index (χ2v) is 15.3. The van der Waals surface area contributed by atoms with Crippen LogP contribution in [0.5, 0.6) is 0 Å². The first kappa shape index (κ1) is 52.4. The predicted octanol–water partition coefficient (Wildman–Crippen LogP) is 14.8. The summed E-state index contributed by atoms with van der Waals surface area (Å²) < 4.78 is 16.7. The van der Waals surface area contributed by atoms with Crippen molar-refractivity contribution in [3.8, 4) is 0 Å². The first-order chi connectivity index (χ1) is 27.0. The van der Waals surface area contributed by atoms with Crippen molar-refractivity contribution in [3.05, 3.63) is 48.6 Å². The molecule has 0 aromatic carbocycles. The summed E-state index contributed by atoms with van der Waals surface area (Å²) in [5.74, 6) is -0.908. The second kappa shape index (κ2) is 44.1. The van der Waals surface area contributed by atoms with Crippen LogP contribution in [-0.4, -0.2) is 37.2 Å². The molecule has 0 aliphatic heterocycles. The summed E-state index contributed by atoms with van der Waals surface area (Å²) in [6.07, 6.45) is 50.9. The smallest absolute Gasteiger partial charge is 0.306 e. The summed E-state index contributed by atoms with van der Waals surface area (Å²) in [5, 5.41) is 0. The molecule has 0 fully saturated rings. The zero-order valence-electron chi connectivity index (χ0n) is 36.2. The molecule has 0 amide bonds. The van der Waals surface area contributed by atoms with Crippen LogP contribution in [0.4, 0.5) is 0 Å². The normalized spacial score (nSPS) is 12.4. The van der Waals surface area contributed by atoms with Crippen LogP contribution in [-0.2, 0) is 28.6 Å². The first-order valence-electron chi connectivity index (χ1n) is 23.1. The quantitative estimate of drug-likeness (QED) is 0.0267. The second-order valence-electron chi connectivity index (χ2n) is 15.3. The highest BCUT2D eigenvalue weighted by Crippen LogP contribution is 2.14. The molecule has 0 radical (unpaired) electrons. The maximum absolute atomic E-state index is 12.7. The maximum Gasteiger partial charge on any atom is 0.306 e. The molecule has 0 rings (SSSR count). The average molecular weight is 771 g/mol. The number of rotatable bonds is 41. The van der Waals surface area contributed by atoms with Gasteiger partial charge in [0.15, 0.2) is 6.10 Å². The Labute approximate surface area is 339 Å². The van der Waals surface area contributed by atoms with Gasteiger partial charge in [-0.3, -0.25) is 14.4 Å². The Morgan fingerprint density at radius 1 is 0.382 bits per heavy atom. The molecule has 0 saturated heterocycles. The van der Waals surface area contributed by atoms with Crippen molar-refractivity contribution in [2.24, 2.45) is 0 Å². The molecule has 6 heteroatoms. The topological polar surface area (TPSA) is 78.9 Å². The molecule has 0 N–H and O–H groups in total. The first-order valence-corrected chi connectivity index (χ1v) is 23.1. The van der Waals surface area contributed by atoms with E-state index in [-0.39, 0.29) is 31.1 Å². The molecular formula is C49H86O6. The van der Waals surface area contributed by atoms with Gasteiger partial charge in [0.25, 0.3) is 0 Å². The molecule has 55 heavy (non-hydrogen) atoms. The van der Waals surface area contributed by atoms with Gasteiger partial charge in [0, 0.05) is 19.3 Å². The fourth-order valence-electron chi connectivity index (χ4n) is 6.32. The van der Waals surface area contributed by atoms with E-state index < -0.39 is 6.10 Å². The van der Waals surface area contributed by atoms with E-state index in [2.05, 4.69) is 69.4 Å². The number of ether oxygens (including phenoxy) is 3. The van der Waals surface area contributed by atoms with Crippen LogP contribution in [0, 0.1) is 0 Å². The Hall–Kier alpha value is -2.63. The lowest BCUT2D eigenvalue weighted by Crippen LogP contribution is -2.30. The fraction of sp³-hybridized carbons (Fsp3) is 0.776. The summed E-state index contributed by atoms with van der Waals surface area (Å²) in [5.41, 5.74) is 0. The Morgan fingerprint density at radius 3 is 1.18 bits per heavy atom. The van der Waals surface area contributed by atoms with Gasteiger partial charge in [-0.05, 0) is 70.6 Å². The minimum atomic E-state index is -0.778.